The molecule has 1 fully saturated rings. The van der Waals surface area contributed by atoms with Gasteiger partial charge in [-0.1, -0.05) is 0 Å². The predicted octanol–water partition coefficient (Wildman–Crippen LogP) is 2.39. The van der Waals surface area contributed by atoms with Gasteiger partial charge in [0.1, 0.15) is 11.6 Å². The van der Waals surface area contributed by atoms with Crippen LogP contribution in [0.25, 0.3) is 10.9 Å². The first-order valence-electron chi connectivity index (χ1n) is 6.82. The van der Waals surface area contributed by atoms with Crippen LogP contribution in [-0.4, -0.2) is 37.0 Å². The monoisotopic (exact) mass is 308 g/mol. The molecule has 2 heterocycles. The van der Waals surface area contributed by atoms with Crippen molar-refractivity contribution in [2.75, 3.05) is 23.7 Å². The van der Waals surface area contributed by atoms with E-state index in [2.05, 4.69) is 4.98 Å². The molecule has 6 heteroatoms. The summed E-state index contributed by atoms with van der Waals surface area (Å²) in [4.78, 5) is 6.41. The Morgan fingerprint density at radius 1 is 1.24 bits per heavy atom. The average Bonchev–Trinajstić information content (AvgIpc) is 2.41. The summed E-state index contributed by atoms with van der Waals surface area (Å²) in [6, 6.07) is 8.22. The minimum atomic E-state index is -3.08. The van der Waals surface area contributed by atoms with E-state index in [1.807, 2.05) is 17.0 Å². The molecule has 4 nitrogen and oxygen atoms in total. The van der Waals surface area contributed by atoms with Crippen molar-refractivity contribution in [2.45, 2.75) is 18.6 Å². The number of hydrogen-bond donors (Lipinski definition) is 0. The third kappa shape index (κ3) is 2.48. The Kier molecular flexibility index (Phi) is 3.16. The van der Waals surface area contributed by atoms with Crippen molar-refractivity contribution in [1.29, 1.82) is 0 Å². The SMILES string of the molecule is CC1(C)CN(c2ccc3ccc(F)cc3n2)CCS1(=O)=O. The fourth-order valence-corrected chi connectivity index (χ4v) is 3.96. The van der Waals surface area contributed by atoms with Gasteiger partial charge in [0.05, 0.1) is 16.0 Å². The molecule has 1 saturated heterocycles. The highest BCUT2D eigenvalue weighted by atomic mass is 32.2. The Labute approximate surface area is 123 Å². The van der Waals surface area contributed by atoms with Gasteiger partial charge in [-0.3, -0.25) is 0 Å². The highest BCUT2D eigenvalue weighted by molar-refractivity contribution is 7.92. The maximum atomic E-state index is 13.3. The van der Waals surface area contributed by atoms with Gasteiger partial charge < -0.3 is 4.90 Å². The van der Waals surface area contributed by atoms with Crippen LogP contribution < -0.4 is 4.90 Å². The molecule has 0 amide bonds. The fraction of sp³-hybridized carbons (Fsp3) is 0.400. The number of sulfone groups is 1. The summed E-state index contributed by atoms with van der Waals surface area (Å²) >= 11 is 0. The van der Waals surface area contributed by atoms with Crippen LogP contribution in [0, 0.1) is 5.82 Å². The lowest BCUT2D eigenvalue weighted by Crippen LogP contribution is -2.53. The van der Waals surface area contributed by atoms with Crippen molar-refractivity contribution in [3.8, 4) is 0 Å². The number of rotatable bonds is 1. The number of benzene rings is 1. The molecular weight excluding hydrogens is 291 g/mol. The van der Waals surface area contributed by atoms with Crippen LogP contribution in [0.3, 0.4) is 0 Å². The maximum absolute atomic E-state index is 13.3. The standard InChI is InChI=1S/C15H17FN2O2S/c1-15(2)10-18(7-8-21(15,19)20)14-6-4-11-3-5-12(16)9-13(11)17-14/h3-6,9H,7-8,10H2,1-2H3. The molecule has 3 rings (SSSR count). The number of nitrogens with zero attached hydrogens (tertiary/aromatic N) is 2. The highest BCUT2D eigenvalue weighted by Gasteiger charge is 2.40. The number of aromatic nitrogens is 1. The summed E-state index contributed by atoms with van der Waals surface area (Å²) in [5.41, 5.74) is 0.582. The minimum Gasteiger partial charge on any atom is -0.354 e. The van der Waals surface area contributed by atoms with E-state index in [9.17, 15) is 12.8 Å². The summed E-state index contributed by atoms with van der Waals surface area (Å²) in [5, 5.41) is 0.865. The number of pyridine rings is 1. The largest absolute Gasteiger partial charge is 0.354 e. The molecule has 0 saturated carbocycles. The summed E-state index contributed by atoms with van der Waals surface area (Å²) in [5.74, 6) is 0.479. The van der Waals surface area contributed by atoms with Crippen LogP contribution in [0.1, 0.15) is 13.8 Å². The van der Waals surface area contributed by atoms with Crippen LogP contribution in [0.4, 0.5) is 10.2 Å². The number of anilines is 1. The molecule has 0 N–H and O–H groups in total. The van der Waals surface area contributed by atoms with E-state index in [4.69, 9.17) is 0 Å². The quantitative estimate of drug-likeness (QED) is 0.811. The third-order valence-electron chi connectivity index (χ3n) is 4.01. The molecule has 0 bridgehead atoms. The van der Waals surface area contributed by atoms with Gasteiger partial charge in [-0.05, 0) is 38.1 Å². The van der Waals surface area contributed by atoms with E-state index in [1.165, 1.54) is 12.1 Å². The van der Waals surface area contributed by atoms with Gasteiger partial charge in [0.15, 0.2) is 9.84 Å². The summed E-state index contributed by atoms with van der Waals surface area (Å²) < 4.78 is 36.6. The fourth-order valence-electron chi connectivity index (χ4n) is 2.59. The van der Waals surface area contributed by atoms with Gasteiger partial charge in [-0.2, -0.15) is 0 Å². The van der Waals surface area contributed by atoms with Crippen LogP contribution in [0.15, 0.2) is 30.3 Å². The Morgan fingerprint density at radius 2 is 1.95 bits per heavy atom. The van der Waals surface area contributed by atoms with E-state index < -0.39 is 14.6 Å². The lowest BCUT2D eigenvalue weighted by atomic mass is 10.1. The van der Waals surface area contributed by atoms with E-state index in [1.54, 1.807) is 19.9 Å². The topological polar surface area (TPSA) is 50.3 Å². The molecule has 21 heavy (non-hydrogen) atoms. The van der Waals surface area contributed by atoms with E-state index in [-0.39, 0.29) is 11.6 Å². The number of halogens is 1. The smallest absolute Gasteiger partial charge is 0.158 e. The molecule has 1 aromatic carbocycles. The lowest BCUT2D eigenvalue weighted by Gasteiger charge is -2.38. The summed E-state index contributed by atoms with van der Waals surface area (Å²) in [7, 11) is -3.08. The third-order valence-corrected chi connectivity index (χ3v) is 6.54. The zero-order chi connectivity index (χ0) is 15.3. The van der Waals surface area contributed by atoms with Gasteiger partial charge in [0, 0.05) is 24.5 Å². The van der Waals surface area contributed by atoms with Crippen molar-refractivity contribution in [3.63, 3.8) is 0 Å². The molecule has 0 radical (unpaired) electrons. The lowest BCUT2D eigenvalue weighted by molar-refractivity contribution is 0.522. The molecular formula is C15H17FN2O2S. The second-order valence-corrected chi connectivity index (χ2v) is 8.75. The first-order valence-corrected chi connectivity index (χ1v) is 8.47. The molecule has 112 valence electrons. The molecule has 1 aromatic heterocycles. The number of hydrogen-bond acceptors (Lipinski definition) is 4. The van der Waals surface area contributed by atoms with Crippen LogP contribution in [0.5, 0.6) is 0 Å². The average molecular weight is 308 g/mol. The summed E-state index contributed by atoms with van der Waals surface area (Å²) in [6.07, 6.45) is 0. The zero-order valence-corrected chi connectivity index (χ0v) is 12.8. The second kappa shape index (κ2) is 4.66. The van der Waals surface area contributed by atoms with Gasteiger partial charge in [0.25, 0.3) is 0 Å². The number of fused-ring (bicyclic) bond motifs is 1. The van der Waals surface area contributed by atoms with Gasteiger partial charge in [-0.15, -0.1) is 0 Å². The summed E-state index contributed by atoms with van der Waals surface area (Å²) in [6.45, 7) is 4.27. The maximum Gasteiger partial charge on any atom is 0.158 e. The molecule has 1 aliphatic heterocycles. The highest BCUT2D eigenvalue weighted by Crippen LogP contribution is 2.28. The minimum absolute atomic E-state index is 0.114. The molecule has 0 aliphatic carbocycles. The first kappa shape index (κ1) is 14.3. The van der Waals surface area contributed by atoms with Gasteiger partial charge in [0.2, 0.25) is 0 Å². The van der Waals surface area contributed by atoms with E-state index >= 15 is 0 Å². The normalized spacial score (nSPS) is 20.6. The second-order valence-electron chi connectivity index (χ2n) is 6.01. The Bertz CT molecular complexity index is 802. The Balaban J connectivity index is 1.98. The first-order chi connectivity index (χ1) is 9.78. The predicted molar refractivity (Wildman–Crippen MR) is 81.8 cm³/mol. The molecule has 1 aliphatic rings. The van der Waals surface area contributed by atoms with Crippen molar-refractivity contribution in [2.24, 2.45) is 0 Å². The van der Waals surface area contributed by atoms with E-state index in [0.29, 0.717) is 24.4 Å². The molecule has 2 aromatic rings. The Hall–Kier alpha value is -1.69. The molecule has 0 spiro atoms. The van der Waals surface area contributed by atoms with Crippen LogP contribution in [0.2, 0.25) is 0 Å². The Morgan fingerprint density at radius 3 is 2.67 bits per heavy atom. The molecule has 0 atom stereocenters. The van der Waals surface area contributed by atoms with E-state index in [0.717, 1.165) is 5.39 Å². The van der Waals surface area contributed by atoms with Crippen molar-refractivity contribution < 1.29 is 12.8 Å². The van der Waals surface area contributed by atoms with Gasteiger partial charge in [-0.25, -0.2) is 17.8 Å². The van der Waals surface area contributed by atoms with Gasteiger partial charge >= 0.3 is 0 Å². The van der Waals surface area contributed by atoms with Crippen molar-refractivity contribution in [1.82, 2.24) is 4.98 Å². The van der Waals surface area contributed by atoms with Crippen LogP contribution in [-0.2, 0) is 9.84 Å². The van der Waals surface area contributed by atoms with Crippen molar-refractivity contribution >= 4 is 26.6 Å². The van der Waals surface area contributed by atoms with Crippen LogP contribution >= 0.6 is 0 Å². The zero-order valence-electron chi connectivity index (χ0n) is 12.0. The van der Waals surface area contributed by atoms with Crippen molar-refractivity contribution in [3.05, 3.63) is 36.1 Å². The molecule has 0 unspecified atom stereocenters.